The predicted molar refractivity (Wildman–Crippen MR) is 70.2 cm³/mol. The molecule has 0 atom stereocenters. The highest BCUT2D eigenvalue weighted by Crippen LogP contribution is 2.07. The third-order valence-corrected chi connectivity index (χ3v) is 2.50. The molecular formula is C14H13N3O2. The Kier molecular flexibility index (Phi) is 4.32. The molecule has 0 spiro atoms. The Labute approximate surface area is 110 Å². The topological polar surface area (TPSA) is 78.0 Å². The molecule has 0 aliphatic rings. The van der Waals surface area contributed by atoms with Crippen molar-refractivity contribution in [2.24, 2.45) is 0 Å². The number of aliphatic hydroxyl groups is 1. The highest BCUT2D eigenvalue weighted by molar-refractivity contribution is 5.92. The zero-order valence-corrected chi connectivity index (χ0v) is 10.2. The summed E-state index contributed by atoms with van der Waals surface area (Å²) < 4.78 is 0. The van der Waals surface area contributed by atoms with E-state index in [-0.39, 0.29) is 12.5 Å². The Bertz CT molecular complexity index is 609. The Morgan fingerprint density at radius 2 is 2.21 bits per heavy atom. The number of nitrogens with zero attached hydrogens (tertiary/aromatic N) is 1. The average Bonchev–Trinajstić information content (AvgIpc) is 2.97. The summed E-state index contributed by atoms with van der Waals surface area (Å²) in [6.07, 6.45) is 1.52. The largest absolute Gasteiger partial charge is 0.384 e. The van der Waals surface area contributed by atoms with Gasteiger partial charge in [-0.15, -0.1) is 0 Å². The smallest absolute Gasteiger partial charge is 0.269 e. The molecule has 1 aromatic carbocycles. The van der Waals surface area contributed by atoms with Gasteiger partial charge in [0.1, 0.15) is 12.3 Å². The summed E-state index contributed by atoms with van der Waals surface area (Å²) in [7, 11) is 0. The van der Waals surface area contributed by atoms with Gasteiger partial charge >= 0.3 is 0 Å². The molecular weight excluding hydrogens is 242 g/mol. The summed E-state index contributed by atoms with van der Waals surface area (Å²) in [4.78, 5) is 11.7. The molecule has 1 heterocycles. The molecule has 2 rings (SSSR count). The van der Waals surface area contributed by atoms with Crippen LogP contribution < -0.4 is 5.32 Å². The Morgan fingerprint density at radius 3 is 2.95 bits per heavy atom. The molecule has 0 saturated carbocycles. The summed E-state index contributed by atoms with van der Waals surface area (Å²) in [6, 6.07) is 9.07. The van der Waals surface area contributed by atoms with Crippen LogP contribution in [0.1, 0.15) is 21.6 Å². The normalized spacial score (nSPS) is 9.53. The maximum atomic E-state index is 11.7. The van der Waals surface area contributed by atoms with Crippen molar-refractivity contribution in [2.45, 2.75) is 6.54 Å². The molecule has 0 aliphatic carbocycles. The Balaban J connectivity index is 2.05. The summed E-state index contributed by atoms with van der Waals surface area (Å²) in [5.74, 6) is 5.23. The number of nitrogens with one attached hydrogen (secondary N) is 2. The monoisotopic (exact) mass is 255 g/mol. The molecule has 96 valence electrons. The van der Waals surface area contributed by atoms with Crippen molar-refractivity contribution in [3.8, 4) is 11.8 Å². The lowest BCUT2D eigenvalue weighted by Crippen LogP contribution is -2.23. The van der Waals surface area contributed by atoms with Gasteiger partial charge < -0.3 is 10.4 Å². The maximum absolute atomic E-state index is 11.7. The van der Waals surface area contributed by atoms with Gasteiger partial charge in [0.2, 0.25) is 0 Å². The molecule has 1 aromatic heterocycles. The van der Waals surface area contributed by atoms with Crippen molar-refractivity contribution < 1.29 is 9.90 Å². The second-order valence-electron chi connectivity index (χ2n) is 3.77. The van der Waals surface area contributed by atoms with Gasteiger partial charge in [-0.3, -0.25) is 9.89 Å². The van der Waals surface area contributed by atoms with E-state index in [9.17, 15) is 4.79 Å². The number of aliphatic hydroxyl groups excluding tert-OH is 1. The average molecular weight is 255 g/mol. The van der Waals surface area contributed by atoms with Gasteiger partial charge in [-0.25, -0.2) is 0 Å². The third-order valence-electron chi connectivity index (χ3n) is 2.50. The number of hydrogen-bond donors (Lipinski definition) is 3. The lowest BCUT2D eigenvalue weighted by Gasteiger charge is -2.06. The molecule has 0 bridgehead atoms. The van der Waals surface area contributed by atoms with Crippen LogP contribution in [0.15, 0.2) is 36.5 Å². The van der Waals surface area contributed by atoms with Gasteiger partial charge in [-0.2, -0.15) is 5.10 Å². The van der Waals surface area contributed by atoms with Crippen molar-refractivity contribution in [2.75, 3.05) is 6.61 Å². The van der Waals surface area contributed by atoms with Crippen LogP contribution in [0.2, 0.25) is 0 Å². The first-order valence-corrected chi connectivity index (χ1v) is 5.76. The van der Waals surface area contributed by atoms with Crippen LogP contribution in [0.5, 0.6) is 0 Å². The molecule has 3 N–H and O–H groups in total. The SMILES string of the molecule is O=C(NCc1ccccc1C#CCO)c1ccn[nH]1. The van der Waals surface area contributed by atoms with Gasteiger partial charge in [0.25, 0.3) is 5.91 Å². The van der Waals surface area contributed by atoms with Gasteiger partial charge in [0.15, 0.2) is 0 Å². The van der Waals surface area contributed by atoms with E-state index < -0.39 is 0 Å². The first-order valence-electron chi connectivity index (χ1n) is 5.76. The van der Waals surface area contributed by atoms with E-state index in [1.54, 1.807) is 6.07 Å². The number of hydrogen-bond acceptors (Lipinski definition) is 3. The maximum Gasteiger partial charge on any atom is 0.269 e. The minimum Gasteiger partial charge on any atom is -0.384 e. The minimum absolute atomic E-state index is 0.186. The van der Waals surface area contributed by atoms with Crippen LogP contribution >= 0.6 is 0 Å². The highest BCUT2D eigenvalue weighted by atomic mass is 16.2. The summed E-state index contributed by atoms with van der Waals surface area (Å²) in [5.41, 5.74) is 2.11. The van der Waals surface area contributed by atoms with E-state index in [0.717, 1.165) is 11.1 Å². The van der Waals surface area contributed by atoms with E-state index >= 15 is 0 Å². The molecule has 0 aliphatic heterocycles. The first-order chi connectivity index (χ1) is 9.31. The van der Waals surface area contributed by atoms with Crippen LogP contribution in [0, 0.1) is 11.8 Å². The van der Waals surface area contributed by atoms with E-state index in [0.29, 0.717) is 12.2 Å². The fourth-order valence-corrected chi connectivity index (χ4v) is 1.58. The van der Waals surface area contributed by atoms with Gasteiger partial charge in [-0.1, -0.05) is 30.0 Å². The number of carbonyl (C=O) groups is 1. The van der Waals surface area contributed by atoms with Gasteiger partial charge in [-0.05, 0) is 17.7 Å². The quantitative estimate of drug-likeness (QED) is 0.706. The highest BCUT2D eigenvalue weighted by Gasteiger charge is 2.07. The van der Waals surface area contributed by atoms with Crippen molar-refractivity contribution in [1.29, 1.82) is 0 Å². The lowest BCUT2D eigenvalue weighted by molar-refractivity contribution is 0.0946. The molecule has 2 aromatic rings. The number of benzene rings is 1. The lowest BCUT2D eigenvalue weighted by atomic mass is 10.1. The van der Waals surface area contributed by atoms with Crippen LogP contribution in [-0.4, -0.2) is 27.8 Å². The van der Waals surface area contributed by atoms with Crippen LogP contribution in [-0.2, 0) is 6.54 Å². The van der Waals surface area contributed by atoms with Crippen molar-refractivity contribution in [1.82, 2.24) is 15.5 Å². The first kappa shape index (κ1) is 12.9. The summed E-state index contributed by atoms with van der Waals surface area (Å²) in [5, 5.41) is 17.8. The molecule has 5 nitrogen and oxygen atoms in total. The van der Waals surface area contributed by atoms with E-state index in [1.807, 2.05) is 24.3 Å². The predicted octanol–water partition coefficient (Wildman–Crippen LogP) is 0.684. The standard InChI is InChI=1S/C14H13N3O2/c18-9-3-6-11-4-1-2-5-12(11)10-15-14(19)13-7-8-16-17-13/h1-2,4-5,7-8,18H,9-10H2,(H,15,19)(H,16,17). The van der Waals surface area contributed by atoms with Crippen molar-refractivity contribution in [3.05, 3.63) is 53.3 Å². The number of aromatic amines is 1. The van der Waals surface area contributed by atoms with Crippen LogP contribution in [0.4, 0.5) is 0 Å². The molecule has 1 amide bonds. The molecule has 0 saturated heterocycles. The molecule has 0 radical (unpaired) electrons. The van der Waals surface area contributed by atoms with Gasteiger partial charge in [0.05, 0.1) is 0 Å². The van der Waals surface area contributed by atoms with Crippen LogP contribution in [0.25, 0.3) is 0 Å². The second kappa shape index (κ2) is 6.38. The van der Waals surface area contributed by atoms with Crippen LogP contribution in [0.3, 0.4) is 0 Å². The number of amides is 1. The Hall–Kier alpha value is -2.58. The molecule has 5 heteroatoms. The van der Waals surface area contributed by atoms with E-state index in [2.05, 4.69) is 27.4 Å². The van der Waals surface area contributed by atoms with E-state index in [1.165, 1.54) is 6.20 Å². The van der Waals surface area contributed by atoms with Crippen molar-refractivity contribution in [3.63, 3.8) is 0 Å². The Morgan fingerprint density at radius 1 is 1.37 bits per heavy atom. The summed E-state index contributed by atoms with van der Waals surface area (Å²) in [6.45, 7) is 0.184. The number of aromatic nitrogens is 2. The zero-order valence-electron chi connectivity index (χ0n) is 10.2. The van der Waals surface area contributed by atoms with Gasteiger partial charge in [0, 0.05) is 18.3 Å². The third kappa shape index (κ3) is 3.44. The fourth-order valence-electron chi connectivity index (χ4n) is 1.58. The molecule has 0 unspecified atom stereocenters. The molecule has 19 heavy (non-hydrogen) atoms. The fraction of sp³-hybridized carbons (Fsp3) is 0.143. The van der Waals surface area contributed by atoms with Crippen molar-refractivity contribution >= 4 is 5.91 Å². The number of carbonyl (C=O) groups excluding carboxylic acids is 1. The number of rotatable bonds is 3. The summed E-state index contributed by atoms with van der Waals surface area (Å²) >= 11 is 0. The van der Waals surface area contributed by atoms with E-state index in [4.69, 9.17) is 5.11 Å². The molecule has 0 fully saturated rings. The minimum atomic E-state index is -0.220. The number of H-pyrrole nitrogens is 1. The zero-order chi connectivity index (χ0) is 13.5. The second-order valence-corrected chi connectivity index (χ2v) is 3.77.